The molecule has 0 radical (unpaired) electrons. The molecule has 0 unspecified atom stereocenters. The highest BCUT2D eigenvalue weighted by molar-refractivity contribution is 7.15. The fraction of sp³-hybridized carbons (Fsp3) is 0.167. The number of benzene rings is 2. The molecule has 0 aliphatic carbocycles. The first-order chi connectivity index (χ1) is 11.7. The van der Waals surface area contributed by atoms with Gasteiger partial charge in [0.2, 0.25) is 0 Å². The van der Waals surface area contributed by atoms with Crippen molar-refractivity contribution in [1.82, 2.24) is 4.98 Å². The lowest BCUT2D eigenvalue weighted by Gasteiger charge is -2.13. The van der Waals surface area contributed by atoms with Crippen molar-refractivity contribution in [3.8, 4) is 11.5 Å². The van der Waals surface area contributed by atoms with Gasteiger partial charge in [-0.1, -0.05) is 41.9 Å². The Kier molecular flexibility index (Phi) is 5.56. The summed E-state index contributed by atoms with van der Waals surface area (Å²) in [6, 6.07) is 15.8. The molecule has 0 atom stereocenters. The molecule has 0 saturated carbocycles. The molecule has 0 fully saturated rings. The molecule has 3 rings (SSSR count). The lowest BCUT2D eigenvalue weighted by atomic mass is 10.2. The monoisotopic (exact) mass is 360 g/mol. The first kappa shape index (κ1) is 16.6. The molecule has 1 aromatic heterocycles. The van der Waals surface area contributed by atoms with E-state index in [1.807, 2.05) is 48.5 Å². The van der Waals surface area contributed by atoms with Crippen molar-refractivity contribution >= 4 is 28.6 Å². The number of methoxy groups -OCH3 is 1. The topological polar surface area (TPSA) is 43.4 Å². The van der Waals surface area contributed by atoms with Crippen LogP contribution in [0.4, 0.5) is 5.69 Å². The van der Waals surface area contributed by atoms with E-state index in [0.29, 0.717) is 29.1 Å². The van der Waals surface area contributed by atoms with Crippen LogP contribution in [0, 0.1) is 0 Å². The molecule has 3 aromatic rings. The molecule has 0 spiro atoms. The van der Waals surface area contributed by atoms with Crippen molar-refractivity contribution < 1.29 is 9.47 Å². The summed E-state index contributed by atoms with van der Waals surface area (Å²) in [5, 5.41) is 3.33. The number of rotatable bonds is 7. The minimum atomic E-state index is 0.503. The average Bonchev–Trinajstić information content (AvgIpc) is 3.04. The second-order valence-electron chi connectivity index (χ2n) is 5.07. The lowest BCUT2D eigenvalue weighted by Crippen LogP contribution is -2.00. The molecule has 0 amide bonds. The maximum atomic E-state index is 5.86. The van der Waals surface area contributed by atoms with Gasteiger partial charge in [-0.25, -0.2) is 4.98 Å². The molecule has 1 N–H and O–H groups in total. The minimum absolute atomic E-state index is 0.503. The zero-order chi connectivity index (χ0) is 16.8. The molecule has 2 aromatic carbocycles. The number of nitrogens with zero attached hydrogens (tertiary/aromatic N) is 1. The Bertz CT molecular complexity index is 793. The maximum Gasteiger partial charge on any atom is 0.183 e. The number of hydrogen-bond acceptors (Lipinski definition) is 5. The van der Waals surface area contributed by atoms with Gasteiger partial charge in [0.15, 0.2) is 16.0 Å². The van der Waals surface area contributed by atoms with Gasteiger partial charge in [-0.3, -0.25) is 0 Å². The van der Waals surface area contributed by atoms with Crippen molar-refractivity contribution in [2.24, 2.45) is 0 Å². The number of nitrogens with one attached hydrogen (secondary N) is 1. The smallest absolute Gasteiger partial charge is 0.183 e. The minimum Gasteiger partial charge on any atom is -0.493 e. The Hall–Kier alpha value is -2.24. The summed E-state index contributed by atoms with van der Waals surface area (Å²) < 4.78 is 11.8. The molecular formula is C18H17ClN2O2S. The first-order valence-electron chi connectivity index (χ1n) is 7.43. The summed E-state index contributed by atoms with van der Waals surface area (Å²) >= 11 is 7.30. The Labute approximate surface area is 150 Å². The van der Waals surface area contributed by atoms with Gasteiger partial charge in [-0.2, -0.15) is 0 Å². The molecule has 0 aliphatic heterocycles. The van der Waals surface area contributed by atoms with Gasteiger partial charge in [-0.15, -0.1) is 11.3 Å². The molecule has 4 nitrogen and oxygen atoms in total. The highest BCUT2D eigenvalue weighted by Crippen LogP contribution is 2.31. The summed E-state index contributed by atoms with van der Waals surface area (Å²) in [5.74, 6) is 1.41. The van der Waals surface area contributed by atoms with Gasteiger partial charge in [0.25, 0.3) is 0 Å². The fourth-order valence-corrected chi connectivity index (χ4v) is 3.10. The van der Waals surface area contributed by atoms with Crippen molar-refractivity contribution in [1.29, 1.82) is 0 Å². The van der Waals surface area contributed by atoms with Gasteiger partial charge < -0.3 is 14.8 Å². The quantitative estimate of drug-likeness (QED) is 0.644. The van der Waals surface area contributed by atoms with E-state index < -0.39 is 0 Å². The van der Waals surface area contributed by atoms with E-state index in [4.69, 9.17) is 21.1 Å². The first-order valence-corrected chi connectivity index (χ1v) is 8.63. The zero-order valence-corrected chi connectivity index (χ0v) is 14.7. The van der Waals surface area contributed by atoms with E-state index in [2.05, 4.69) is 10.3 Å². The highest BCUT2D eigenvalue weighted by Gasteiger charge is 2.07. The van der Waals surface area contributed by atoms with Crippen LogP contribution in [0.2, 0.25) is 4.47 Å². The zero-order valence-electron chi connectivity index (χ0n) is 13.2. The predicted molar refractivity (Wildman–Crippen MR) is 98.2 cm³/mol. The molecule has 0 saturated heterocycles. The van der Waals surface area contributed by atoms with E-state index in [9.17, 15) is 0 Å². The van der Waals surface area contributed by atoms with E-state index in [1.54, 1.807) is 13.3 Å². The van der Waals surface area contributed by atoms with Crippen LogP contribution in [0.25, 0.3) is 0 Å². The van der Waals surface area contributed by atoms with E-state index in [0.717, 1.165) is 16.1 Å². The van der Waals surface area contributed by atoms with E-state index >= 15 is 0 Å². The van der Waals surface area contributed by atoms with Crippen molar-refractivity contribution in [2.75, 3.05) is 12.4 Å². The molecular weight excluding hydrogens is 344 g/mol. The Balaban J connectivity index is 1.64. The highest BCUT2D eigenvalue weighted by atomic mass is 35.5. The predicted octanol–water partition coefficient (Wildman–Crippen LogP) is 5.00. The summed E-state index contributed by atoms with van der Waals surface area (Å²) in [4.78, 5) is 5.10. The Morgan fingerprint density at radius 1 is 1.12 bits per heavy atom. The van der Waals surface area contributed by atoms with Crippen molar-refractivity contribution in [2.45, 2.75) is 13.2 Å². The van der Waals surface area contributed by atoms with Crippen molar-refractivity contribution in [3.63, 3.8) is 0 Å². The molecule has 0 bridgehead atoms. The van der Waals surface area contributed by atoms with Gasteiger partial charge in [-0.05, 0) is 17.7 Å². The van der Waals surface area contributed by atoms with Gasteiger partial charge >= 0.3 is 0 Å². The third kappa shape index (κ3) is 4.40. The molecule has 24 heavy (non-hydrogen) atoms. The Morgan fingerprint density at radius 2 is 1.96 bits per heavy atom. The number of ether oxygens (including phenoxy) is 2. The van der Waals surface area contributed by atoms with Crippen LogP contribution in [0.1, 0.15) is 10.4 Å². The van der Waals surface area contributed by atoms with Crippen LogP contribution >= 0.6 is 22.9 Å². The van der Waals surface area contributed by atoms with Crippen LogP contribution in [0.3, 0.4) is 0 Å². The molecule has 1 heterocycles. The third-order valence-electron chi connectivity index (χ3n) is 3.39. The SMILES string of the molecule is COc1cc(NCc2cnc(Cl)s2)ccc1OCc1ccccc1. The van der Waals surface area contributed by atoms with Gasteiger partial charge in [0.05, 0.1) is 13.7 Å². The normalized spacial score (nSPS) is 10.4. The maximum absolute atomic E-state index is 5.86. The Morgan fingerprint density at radius 3 is 2.67 bits per heavy atom. The van der Waals surface area contributed by atoms with Crippen molar-refractivity contribution in [3.05, 3.63) is 69.6 Å². The number of hydrogen-bond donors (Lipinski definition) is 1. The number of halogens is 1. The summed E-state index contributed by atoms with van der Waals surface area (Å²) in [6.07, 6.45) is 1.77. The van der Waals surface area contributed by atoms with Crippen LogP contribution < -0.4 is 14.8 Å². The second-order valence-corrected chi connectivity index (χ2v) is 6.77. The lowest BCUT2D eigenvalue weighted by molar-refractivity contribution is 0.284. The van der Waals surface area contributed by atoms with E-state index in [-0.39, 0.29) is 0 Å². The van der Waals surface area contributed by atoms with E-state index in [1.165, 1.54) is 11.3 Å². The van der Waals surface area contributed by atoms with Gasteiger partial charge in [0, 0.05) is 22.8 Å². The molecule has 124 valence electrons. The number of anilines is 1. The van der Waals surface area contributed by atoms with Crippen LogP contribution in [0.5, 0.6) is 11.5 Å². The number of thiazole rings is 1. The molecule has 0 aliphatic rings. The second kappa shape index (κ2) is 8.04. The van der Waals surface area contributed by atoms with Crippen LogP contribution in [-0.2, 0) is 13.2 Å². The summed E-state index contributed by atoms with van der Waals surface area (Å²) in [7, 11) is 1.64. The average molecular weight is 361 g/mol. The fourth-order valence-electron chi connectivity index (χ4n) is 2.19. The van der Waals surface area contributed by atoms with Gasteiger partial charge in [0.1, 0.15) is 6.61 Å². The summed E-state index contributed by atoms with van der Waals surface area (Å²) in [5.41, 5.74) is 2.06. The summed E-state index contributed by atoms with van der Waals surface area (Å²) in [6.45, 7) is 1.17. The van der Waals surface area contributed by atoms with Crippen LogP contribution in [0.15, 0.2) is 54.7 Å². The van der Waals surface area contributed by atoms with Crippen LogP contribution in [-0.4, -0.2) is 12.1 Å². The third-order valence-corrected chi connectivity index (χ3v) is 4.51. The number of aromatic nitrogens is 1. The molecule has 6 heteroatoms. The largest absolute Gasteiger partial charge is 0.493 e. The standard InChI is InChI=1S/C18H17ClN2O2S/c1-22-17-9-14(20-10-15-11-21-18(19)24-15)7-8-16(17)23-12-13-5-3-2-4-6-13/h2-9,11,20H,10,12H2,1H3.